The number of hydrogen-bond donors (Lipinski definition) is 1. The van der Waals surface area contributed by atoms with E-state index in [9.17, 15) is 17.6 Å². The van der Waals surface area contributed by atoms with Crippen molar-refractivity contribution in [3.05, 3.63) is 50.9 Å². The van der Waals surface area contributed by atoms with Crippen LogP contribution in [-0.4, -0.2) is 20.6 Å². The van der Waals surface area contributed by atoms with Gasteiger partial charge in [-0.3, -0.25) is 4.79 Å². The van der Waals surface area contributed by atoms with Gasteiger partial charge in [-0.05, 0) is 24.3 Å². The highest BCUT2D eigenvalue weighted by atomic mass is 35.5. The minimum absolute atomic E-state index is 0.0645. The first kappa shape index (κ1) is 15.9. The van der Waals surface area contributed by atoms with Crippen LogP contribution in [0, 0.1) is 5.82 Å². The number of thiophene rings is 1. The van der Waals surface area contributed by atoms with Gasteiger partial charge in [-0.2, -0.15) is 0 Å². The van der Waals surface area contributed by atoms with E-state index in [1.54, 1.807) is 12.1 Å². The molecule has 0 aliphatic carbocycles. The van der Waals surface area contributed by atoms with Crippen LogP contribution in [0.1, 0.15) is 15.2 Å². The van der Waals surface area contributed by atoms with Crippen LogP contribution in [0.25, 0.3) is 0 Å². The number of anilines is 1. The zero-order valence-electron chi connectivity index (χ0n) is 10.9. The number of carbonyl (C=O) groups excluding carboxylic acids is 1. The second kappa shape index (κ2) is 6.13. The Bertz CT molecular complexity index is 786. The summed E-state index contributed by atoms with van der Waals surface area (Å²) in [6, 6.07) is 7.05. The molecule has 2 aromatic rings. The molecule has 1 amide bonds. The van der Waals surface area contributed by atoms with Gasteiger partial charge >= 0.3 is 0 Å². The number of amides is 1. The Balaban J connectivity index is 2.15. The van der Waals surface area contributed by atoms with E-state index >= 15 is 0 Å². The minimum atomic E-state index is -3.32. The fourth-order valence-electron chi connectivity index (χ4n) is 1.65. The first-order valence-corrected chi connectivity index (χ1v) is 9.03. The Morgan fingerprint density at radius 3 is 2.57 bits per heavy atom. The van der Waals surface area contributed by atoms with Gasteiger partial charge in [0.25, 0.3) is 5.91 Å². The second-order valence-corrected chi connectivity index (χ2v) is 8.29. The molecule has 2 rings (SSSR count). The topological polar surface area (TPSA) is 63.2 Å². The summed E-state index contributed by atoms with van der Waals surface area (Å²) in [6.45, 7) is 0. The molecule has 0 saturated heterocycles. The lowest BCUT2D eigenvalue weighted by Gasteiger charge is -2.06. The van der Waals surface area contributed by atoms with E-state index in [1.807, 2.05) is 0 Å². The van der Waals surface area contributed by atoms with Crippen LogP contribution in [0.3, 0.4) is 0 Å². The van der Waals surface area contributed by atoms with E-state index in [0.29, 0.717) is 9.21 Å². The Labute approximate surface area is 130 Å². The zero-order chi connectivity index (χ0) is 15.6. The third kappa shape index (κ3) is 4.52. The van der Waals surface area contributed by atoms with Gasteiger partial charge in [-0.1, -0.05) is 17.7 Å². The van der Waals surface area contributed by atoms with Crippen LogP contribution < -0.4 is 5.32 Å². The summed E-state index contributed by atoms with van der Waals surface area (Å²) in [5, 5.41) is 2.53. The molecule has 0 spiro atoms. The molecule has 0 saturated carbocycles. The summed E-state index contributed by atoms with van der Waals surface area (Å²) >= 11 is 6.85. The first-order chi connectivity index (χ1) is 9.74. The average molecular weight is 348 g/mol. The van der Waals surface area contributed by atoms with Gasteiger partial charge in [-0.25, -0.2) is 12.8 Å². The standard InChI is InChI=1S/C13H11ClFNO3S2/c1-21(18,19)7-8-2-3-9(6-10(8)15)16-13(17)11-4-5-12(14)20-11/h2-6H,7H2,1H3,(H,16,17). The molecule has 112 valence electrons. The van der Waals surface area contributed by atoms with Gasteiger partial charge in [0, 0.05) is 17.5 Å². The molecular formula is C13H11ClFNO3S2. The van der Waals surface area contributed by atoms with E-state index in [1.165, 1.54) is 12.1 Å². The van der Waals surface area contributed by atoms with Crippen molar-refractivity contribution in [3.63, 3.8) is 0 Å². The normalized spacial score (nSPS) is 11.4. The maximum absolute atomic E-state index is 13.8. The molecule has 8 heteroatoms. The summed E-state index contributed by atoms with van der Waals surface area (Å²) in [5.41, 5.74) is 0.314. The fraction of sp³-hybridized carbons (Fsp3) is 0.154. The third-order valence-electron chi connectivity index (χ3n) is 2.53. The first-order valence-electron chi connectivity index (χ1n) is 5.77. The highest BCUT2D eigenvalue weighted by Crippen LogP contribution is 2.23. The molecule has 21 heavy (non-hydrogen) atoms. The maximum atomic E-state index is 13.8. The minimum Gasteiger partial charge on any atom is -0.321 e. The van der Waals surface area contributed by atoms with E-state index in [-0.39, 0.29) is 17.0 Å². The molecule has 0 atom stereocenters. The average Bonchev–Trinajstić information content (AvgIpc) is 2.78. The number of halogens is 2. The fourth-order valence-corrected chi connectivity index (χ4v) is 3.39. The van der Waals surface area contributed by atoms with Crippen molar-refractivity contribution in [1.82, 2.24) is 0 Å². The molecule has 0 unspecified atom stereocenters. The smallest absolute Gasteiger partial charge is 0.265 e. The highest BCUT2D eigenvalue weighted by Gasteiger charge is 2.13. The lowest BCUT2D eigenvalue weighted by Crippen LogP contribution is -2.11. The van der Waals surface area contributed by atoms with Gasteiger partial charge in [0.05, 0.1) is 15.0 Å². The van der Waals surface area contributed by atoms with Crippen molar-refractivity contribution in [3.8, 4) is 0 Å². The molecule has 0 aliphatic heterocycles. The monoisotopic (exact) mass is 347 g/mol. The number of rotatable bonds is 4. The van der Waals surface area contributed by atoms with Crippen molar-refractivity contribution < 1.29 is 17.6 Å². The predicted octanol–water partition coefficient (Wildman–Crippen LogP) is 3.34. The number of carbonyl (C=O) groups is 1. The Kier molecular flexibility index (Phi) is 4.65. The van der Waals surface area contributed by atoms with E-state index in [2.05, 4.69) is 5.32 Å². The molecule has 1 heterocycles. The van der Waals surface area contributed by atoms with E-state index in [0.717, 1.165) is 23.7 Å². The number of benzene rings is 1. The van der Waals surface area contributed by atoms with Gasteiger partial charge in [0.15, 0.2) is 9.84 Å². The second-order valence-electron chi connectivity index (χ2n) is 4.43. The van der Waals surface area contributed by atoms with Crippen molar-refractivity contribution in [2.45, 2.75) is 5.75 Å². The number of nitrogens with one attached hydrogen (secondary N) is 1. The summed E-state index contributed by atoms with van der Waals surface area (Å²) in [7, 11) is -3.32. The summed E-state index contributed by atoms with van der Waals surface area (Å²) in [4.78, 5) is 12.3. The Morgan fingerprint density at radius 1 is 1.33 bits per heavy atom. The van der Waals surface area contributed by atoms with Crippen LogP contribution in [0.2, 0.25) is 4.34 Å². The largest absolute Gasteiger partial charge is 0.321 e. The summed E-state index contributed by atoms with van der Waals surface area (Å²) in [6.07, 6.45) is 1.03. The van der Waals surface area contributed by atoms with Crippen LogP contribution in [0.5, 0.6) is 0 Å². The molecule has 0 bridgehead atoms. The Morgan fingerprint density at radius 2 is 2.05 bits per heavy atom. The third-order valence-corrected chi connectivity index (χ3v) is 4.59. The molecular weight excluding hydrogens is 337 g/mol. The number of sulfone groups is 1. The van der Waals surface area contributed by atoms with Crippen molar-refractivity contribution in [2.24, 2.45) is 0 Å². The SMILES string of the molecule is CS(=O)(=O)Cc1ccc(NC(=O)c2ccc(Cl)s2)cc1F. The molecule has 0 aliphatic rings. The van der Waals surface area contributed by atoms with Crippen LogP contribution >= 0.6 is 22.9 Å². The van der Waals surface area contributed by atoms with Gasteiger partial charge < -0.3 is 5.32 Å². The predicted molar refractivity (Wildman–Crippen MR) is 82.2 cm³/mol. The molecule has 0 fully saturated rings. The van der Waals surface area contributed by atoms with Gasteiger partial charge in [-0.15, -0.1) is 11.3 Å². The maximum Gasteiger partial charge on any atom is 0.265 e. The quantitative estimate of drug-likeness (QED) is 0.922. The van der Waals surface area contributed by atoms with Crippen LogP contribution in [-0.2, 0) is 15.6 Å². The van der Waals surface area contributed by atoms with Gasteiger partial charge in [0.2, 0.25) is 0 Å². The van der Waals surface area contributed by atoms with Crippen LogP contribution in [0.15, 0.2) is 30.3 Å². The van der Waals surface area contributed by atoms with Crippen LogP contribution in [0.4, 0.5) is 10.1 Å². The van der Waals surface area contributed by atoms with E-state index in [4.69, 9.17) is 11.6 Å². The van der Waals surface area contributed by atoms with Gasteiger partial charge in [0.1, 0.15) is 5.82 Å². The summed E-state index contributed by atoms with van der Waals surface area (Å²) in [5.74, 6) is -1.46. The lowest BCUT2D eigenvalue weighted by molar-refractivity contribution is 0.103. The molecule has 1 aromatic carbocycles. The summed E-state index contributed by atoms with van der Waals surface area (Å²) < 4.78 is 36.6. The highest BCUT2D eigenvalue weighted by molar-refractivity contribution is 7.89. The lowest BCUT2D eigenvalue weighted by atomic mass is 10.2. The molecule has 0 radical (unpaired) electrons. The number of hydrogen-bond acceptors (Lipinski definition) is 4. The van der Waals surface area contributed by atoms with Crippen molar-refractivity contribution >= 4 is 44.4 Å². The van der Waals surface area contributed by atoms with Crippen molar-refractivity contribution in [1.29, 1.82) is 0 Å². The molecule has 1 N–H and O–H groups in total. The molecule has 1 aromatic heterocycles. The van der Waals surface area contributed by atoms with E-state index < -0.39 is 21.6 Å². The molecule has 4 nitrogen and oxygen atoms in total. The zero-order valence-corrected chi connectivity index (χ0v) is 13.3. The Hall–Kier alpha value is -1.44. The van der Waals surface area contributed by atoms with Crippen molar-refractivity contribution in [2.75, 3.05) is 11.6 Å².